The molecule has 0 spiro atoms. The summed E-state index contributed by atoms with van der Waals surface area (Å²) in [5.74, 6) is -6.52. The quantitative estimate of drug-likeness (QED) is 0.0150. The average Bonchev–Trinajstić information content (AvgIpc) is 0.794. The number of quaternary nitrogens is 1. The van der Waals surface area contributed by atoms with Gasteiger partial charge in [0.15, 0.2) is 0 Å². The molecule has 0 saturated heterocycles. The van der Waals surface area contributed by atoms with Crippen molar-refractivity contribution in [3.63, 3.8) is 0 Å². The van der Waals surface area contributed by atoms with Crippen LogP contribution in [0.5, 0.6) is 0 Å². The zero-order valence-corrected chi connectivity index (χ0v) is 79.1. The minimum absolute atomic E-state index is 0. The van der Waals surface area contributed by atoms with Crippen LogP contribution in [-0.4, -0.2) is 162 Å². The summed E-state index contributed by atoms with van der Waals surface area (Å²) in [5, 5.41) is 38.1. The molecular weight excluding hydrogens is 1500 g/mol. The smallest absolute Gasteiger partial charge is 1.00 e. The van der Waals surface area contributed by atoms with Gasteiger partial charge in [0.2, 0.25) is 29.5 Å². The summed E-state index contributed by atoms with van der Waals surface area (Å²) in [6, 6.07) is 0. The maximum atomic E-state index is 12.9. The van der Waals surface area contributed by atoms with Crippen molar-refractivity contribution >= 4 is 63.9 Å². The second-order valence-electron chi connectivity index (χ2n) is 35.2. The summed E-state index contributed by atoms with van der Waals surface area (Å²) < 4.78 is 0. The van der Waals surface area contributed by atoms with E-state index < -0.39 is 29.6 Å². The number of unbranched alkanes of at least 4 members (excludes halogenated alkanes) is 50. The van der Waals surface area contributed by atoms with Crippen LogP contribution < -0.4 is 27.9 Å². The molecule has 0 aromatic carbocycles. The van der Waals surface area contributed by atoms with E-state index in [1.54, 1.807) is 4.90 Å². The van der Waals surface area contributed by atoms with Crippen LogP contribution in [0.15, 0.2) is 0 Å². The Labute approximate surface area is 709 Å². The van der Waals surface area contributed by atoms with Crippen molar-refractivity contribution in [2.45, 2.75) is 466 Å². The van der Waals surface area contributed by atoms with Gasteiger partial charge >= 0.3 is 484 Å². The van der Waals surface area contributed by atoms with Crippen molar-refractivity contribution in [1.82, 2.24) is 25.8 Å². The third-order valence-corrected chi connectivity index (χ3v) is 40.2. The first-order valence-corrected chi connectivity index (χ1v) is 56.3. The van der Waals surface area contributed by atoms with Crippen molar-refractivity contribution in [2.24, 2.45) is 0 Å². The van der Waals surface area contributed by atoms with E-state index in [0.29, 0.717) is 55.3 Å². The monoisotopic (exact) mass is 1690 g/mol. The standard InChI is InChI=1S/C93H188Cl2N6O8P2.ClH/c1-8-14-20-26-42-61-81-110(94,82-62-43-27-21-15-9-2,83-63-44-28-22-16-10-3)87-67-48-38-34-32-36-40-55-75-98(76-56-41-37-33-35-39-49-68-88-111(95,84-64-45-29-23-17-11-4,85-65-46-30-24-18-12-5)86-66-47-31-25-19-13-6)77-57-52-60-80-101(109)93(106)72-70-91(104)97-74-54-51-59-79-100(108)92(105)71-69-90(103)96-73-53-50-58-78-99(107)89(7)102;/h107-109H,8-88H2,1-7H3,(H,96,103)(H,97,104);1H. The normalized spacial score (nSPS) is 12.8. The SMILES string of the molecule is CCCCCCCCP(Cl)(CCCCCCCC)(CCCCCCCC)CCCCCCCCCC[NH+](CCCCCCCCCCP(Cl)(CCCCCCCC)(CCCCCCCC)CCCCCCCC)CCCCCN(O)C(=O)CCC(=O)NCCCCCN(O)C(=O)CCC(=O)NCCCCCN(O)C(C)=O.[Cl-]. The van der Waals surface area contributed by atoms with Crippen molar-refractivity contribution in [3.8, 4) is 0 Å². The number of carbonyl (C=O) groups excluding carboxylic acids is 5. The molecule has 0 rings (SSSR count). The summed E-state index contributed by atoms with van der Waals surface area (Å²) in [5.41, 5.74) is 0. The number of nitrogens with zero attached hydrogens (tertiary/aromatic N) is 3. The van der Waals surface area contributed by atoms with Gasteiger partial charge < -0.3 is 23.0 Å². The second kappa shape index (κ2) is 78.5. The number of nitrogens with one attached hydrogen (secondary N) is 3. The first-order chi connectivity index (χ1) is 53.8. The number of hydrogen-bond acceptors (Lipinski definition) is 8. The number of halogens is 3. The Bertz CT molecular complexity index is 1990. The molecule has 112 heavy (non-hydrogen) atoms. The van der Waals surface area contributed by atoms with Gasteiger partial charge in [-0.15, -0.1) is 0 Å². The van der Waals surface area contributed by atoms with Crippen LogP contribution in [0.3, 0.4) is 0 Å². The van der Waals surface area contributed by atoms with Crippen LogP contribution in [0, 0.1) is 0 Å². The minimum atomic E-state index is -2.30. The molecule has 19 heteroatoms. The van der Waals surface area contributed by atoms with Gasteiger partial charge in [0.05, 0.1) is 0 Å². The molecule has 0 saturated carbocycles. The van der Waals surface area contributed by atoms with Crippen LogP contribution in [0.25, 0.3) is 0 Å². The van der Waals surface area contributed by atoms with Gasteiger partial charge in [0.1, 0.15) is 0 Å². The van der Waals surface area contributed by atoms with Gasteiger partial charge in [-0.25, -0.2) is 15.2 Å². The van der Waals surface area contributed by atoms with Crippen LogP contribution in [0.1, 0.15) is 466 Å². The molecule has 5 amide bonds. The van der Waals surface area contributed by atoms with Gasteiger partial charge in [-0.3, -0.25) is 39.6 Å². The molecule has 0 aliphatic carbocycles. The van der Waals surface area contributed by atoms with Gasteiger partial charge in [-0.1, -0.05) is 0 Å². The molecule has 0 bridgehead atoms. The Kier molecular flexibility index (Phi) is 79.1. The fraction of sp³-hybridized carbons (Fsp3) is 0.946. The summed E-state index contributed by atoms with van der Waals surface area (Å²) in [7, 11) is 0. The number of rotatable bonds is 88. The number of amides is 5. The van der Waals surface area contributed by atoms with E-state index in [0.717, 1.165) is 37.3 Å². The summed E-state index contributed by atoms with van der Waals surface area (Å²) >= 11 is 16.8. The maximum absolute atomic E-state index is 12.9. The molecule has 0 atom stereocenters. The fourth-order valence-electron chi connectivity index (χ4n) is 17.0. The molecule has 14 nitrogen and oxygen atoms in total. The van der Waals surface area contributed by atoms with Gasteiger partial charge in [0.25, 0.3) is 0 Å². The summed E-state index contributed by atoms with van der Waals surface area (Å²) in [6.07, 6.45) is 87.4. The van der Waals surface area contributed by atoms with Crippen molar-refractivity contribution in [1.29, 1.82) is 0 Å². The third kappa shape index (κ3) is 67.7. The van der Waals surface area contributed by atoms with Crippen LogP contribution in [0.4, 0.5) is 0 Å². The number of hydrogen-bond donors (Lipinski definition) is 6. The van der Waals surface area contributed by atoms with E-state index in [4.69, 9.17) is 22.5 Å². The molecule has 0 aromatic rings. The van der Waals surface area contributed by atoms with E-state index in [1.165, 1.54) is 403 Å². The molecule has 0 aliphatic heterocycles. The number of carbonyl (C=O) groups is 5. The van der Waals surface area contributed by atoms with Crippen molar-refractivity contribution in [2.75, 3.05) is 102 Å². The zero-order chi connectivity index (χ0) is 81.8. The second-order valence-corrected chi connectivity index (χ2v) is 51.8. The molecule has 0 radical (unpaired) electrons. The number of hydroxylamine groups is 6. The third-order valence-electron chi connectivity index (χ3n) is 24.6. The van der Waals surface area contributed by atoms with Crippen LogP contribution in [0.2, 0.25) is 0 Å². The first-order valence-electron chi connectivity index (χ1n) is 48.5. The van der Waals surface area contributed by atoms with E-state index in [-0.39, 0.29) is 69.5 Å². The molecule has 0 aromatic heterocycles. The molecule has 0 aliphatic rings. The molecule has 670 valence electrons. The predicted molar refractivity (Wildman–Crippen MR) is 486 cm³/mol. The van der Waals surface area contributed by atoms with Crippen LogP contribution in [-0.2, 0) is 24.0 Å². The summed E-state index contributed by atoms with van der Waals surface area (Å²) in [4.78, 5) is 63.0. The Balaban J connectivity index is 0. The zero-order valence-electron chi connectivity index (χ0n) is 75.0. The molecule has 0 fully saturated rings. The summed E-state index contributed by atoms with van der Waals surface area (Å²) in [6.45, 7) is 20.3. The Hall–Kier alpha value is -1.08. The first kappa shape index (κ1) is 113. The van der Waals surface area contributed by atoms with E-state index >= 15 is 0 Å². The van der Waals surface area contributed by atoms with E-state index in [9.17, 15) is 39.6 Å². The van der Waals surface area contributed by atoms with Crippen molar-refractivity contribution < 1.29 is 56.9 Å². The van der Waals surface area contributed by atoms with E-state index in [2.05, 4.69) is 52.2 Å². The fourth-order valence-corrected chi connectivity index (χ4v) is 30.7. The Morgan fingerprint density at radius 2 is 0.455 bits per heavy atom. The topological polar surface area (TPSA) is 184 Å². The van der Waals surface area contributed by atoms with Crippen LogP contribution >= 0.6 is 34.4 Å². The molecule has 6 N–H and O–H groups in total. The van der Waals surface area contributed by atoms with Gasteiger partial charge in [-0.05, 0) is 57.8 Å². The van der Waals surface area contributed by atoms with Gasteiger partial charge in [0, 0.05) is 65.3 Å². The minimum Gasteiger partial charge on any atom is -1.00 e. The van der Waals surface area contributed by atoms with E-state index in [1.807, 2.05) is 0 Å². The average molecular weight is 1690 g/mol. The molecule has 0 heterocycles. The molecule has 0 unspecified atom stereocenters. The Morgan fingerprint density at radius 1 is 0.268 bits per heavy atom. The van der Waals surface area contributed by atoms with Gasteiger partial charge in [-0.2, -0.15) is 0 Å². The van der Waals surface area contributed by atoms with Crippen molar-refractivity contribution in [3.05, 3.63) is 0 Å². The molecular formula is C93H189Cl3N6O8P2. The predicted octanol–water partition coefficient (Wildman–Crippen LogP) is 23.7. The Morgan fingerprint density at radius 3 is 0.679 bits per heavy atom.